The molecule has 2 heterocycles. The molecule has 1 aliphatic rings. The molecule has 1 aromatic carbocycles. The van der Waals surface area contributed by atoms with E-state index in [2.05, 4.69) is 10.2 Å². The fourth-order valence-electron chi connectivity index (χ4n) is 3.11. The van der Waals surface area contributed by atoms with Crippen molar-refractivity contribution in [3.63, 3.8) is 0 Å². The molecule has 2 aromatic rings. The maximum absolute atomic E-state index is 12.9. The first-order valence-corrected chi connectivity index (χ1v) is 7.70. The van der Waals surface area contributed by atoms with Gasteiger partial charge in [-0.25, -0.2) is 0 Å². The van der Waals surface area contributed by atoms with E-state index in [1.165, 1.54) is 0 Å². The van der Waals surface area contributed by atoms with Gasteiger partial charge in [-0.2, -0.15) is 5.10 Å². The van der Waals surface area contributed by atoms with E-state index in [0.29, 0.717) is 11.9 Å². The molecule has 0 bridgehead atoms. The minimum atomic E-state index is -0.582. The Morgan fingerprint density at radius 3 is 2.57 bits per heavy atom. The molecule has 122 valence electrons. The number of amides is 1. The zero-order valence-corrected chi connectivity index (χ0v) is 14.2. The molecular formula is C17H22N4O2. The Labute approximate surface area is 135 Å². The van der Waals surface area contributed by atoms with Crippen LogP contribution in [0.4, 0.5) is 5.69 Å². The van der Waals surface area contributed by atoms with Crippen molar-refractivity contribution in [2.45, 2.75) is 26.2 Å². The highest BCUT2D eigenvalue weighted by molar-refractivity contribution is 6.10. The molecule has 0 unspecified atom stereocenters. The highest BCUT2D eigenvalue weighted by atomic mass is 16.3. The molecule has 1 amide bonds. The molecule has 6 heteroatoms. The third-order valence-electron chi connectivity index (χ3n) is 4.58. The second-order valence-corrected chi connectivity index (χ2v) is 6.91. The van der Waals surface area contributed by atoms with Gasteiger partial charge in [0.25, 0.3) is 0 Å². The molecule has 0 spiro atoms. The lowest BCUT2D eigenvalue weighted by Crippen LogP contribution is -2.39. The number of anilines is 1. The topological polar surface area (TPSA) is 69.6 Å². The van der Waals surface area contributed by atoms with Gasteiger partial charge in [-0.15, -0.1) is 5.10 Å². The number of carbonyl (C=O) groups is 1. The van der Waals surface area contributed by atoms with Gasteiger partial charge in [0.15, 0.2) is 0 Å². The van der Waals surface area contributed by atoms with Crippen LogP contribution in [0.2, 0.25) is 0 Å². The number of carbonyl (C=O) groups excluding carboxylic acids is 1. The number of likely N-dealkylation sites (N-methyl/N-ethyl adjacent to an activating group) is 1. The number of aryl methyl sites for hydroxylation is 1. The van der Waals surface area contributed by atoms with Crippen molar-refractivity contribution in [1.29, 1.82) is 0 Å². The molecule has 0 saturated carbocycles. The number of aromatic hydroxyl groups is 1. The lowest BCUT2D eigenvalue weighted by atomic mass is 9.85. The first kappa shape index (κ1) is 15.7. The molecule has 0 aliphatic carbocycles. The highest BCUT2D eigenvalue weighted by Crippen LogP contribution is 2.44. The number of hydrogen-bond acceptors (Lipinski definition) is 5. The van der Waals surface area contributed by atoms with Gasteiger partial charge in [-0.3, -0.25) is 4.79 Å². The Balaban J connectivity index is 2.21. The molecule has 3 rings (SSSR count). The van der Waals surface area contributed by atoms with Gasteiger partial charge in [-0.1, -0.05) is 0 Å². The van der Waals surface area contributed by atoms with E-state index in [1.54, 1.807) is 0 Å². The van der Waals surface area contributed by atoms with Crippen LogP contribution in [-0.4, -0.2) is 53.3 Å². The summed E-state index contributed by atoms with van der Waals surface area (Å²) >= 11 is 0. The summed E-state index contributed by atoms with van der Waals surface area (Å²) in [6, 6.07) is 3.84. The Morgan fingerprint density at radius 1 is 1.22 bits per heavy atom. The number of hydrogen-bond donors (Lipinski definition) is 1. The zero-order chi connectivity index (χ0) is 16.9. The maximum Gasteiger partial charge on any atom is 0.239 e. The summed E-state index contributed by atoms with van der Waals surface area (Å²) in [6.45, 7) is 7.14. The number of nitrogens with zero attached hydrogens (tertiary/aromatic N) is 4. The minimum Gasteiger partial charge on any atom is -0.492 e. The van der Waals surface area contributed by atoms with Crippen LogP contribution in [-0.2, 0) is 10.2 Å². The van der Waals surface area contributed by atoms with E-state index in [4.69, 9.17) is 0 Å². The number of fused-ring (bicyclic) bond motifs is 2. The van der Waals surface area contributed by atoms with Crippen molar-refractivity contribution in [3.8, 4) is 5.88 Å². The van der Waals surface area contributed by atoms with Crippen LogP contribution in [0, 0.1) is 6.92 Å². The van der Waals surface area contributed by atoms with Crippen molar-refractivity contribution in [2.24, 2.45) is 0 Å². The largest absolute Gasteiger partial charge is 0.492 e. The Hall–Kier alpha value is -2.21. The van der Waals surface area contributed by atoms with Crippen molar-refractivity contribution >= 4 is 22.4 Å². The van der Waals surface area contributed by atoms with E-state index in [-0.39, 0.29) is 11.8 Å². The fraction of sp³-hybridized carbons (Fsp3) is 0.471. The quantitative estimate of drug-likeness (QED) is 0.936. The summed E-state index contributed by atoms with van der Waals surface area (Å²) in [6.07, 6.45) is 0. The maximum atomic E-state index is 12.9. The molecule has 1 aromatic heterocycles. The second kappa shape index (κ2) is 5.16. The minimum absolute atomic E-state index is 0.0858. The first-order chi connectivity index (χ1) is 10.7. The van der Waals surface area contributed by atoms with Crippen LogP contribution in [0.15, 0.2) is 12.1 Å². The normalized spacial score (nSPS) is 16.4. The Bertz CT molecular complexity index is 799. The van der Waals surface area contributed by atoms with E-state index < -0.39 is 5.41 Å². The number of rotatable bonds is 3. The smallest absolute Gasteiger partial charge is 0.239 e. The summed E-state index contributed by atoms with van der Waals surface area (Å²) in [5.74, 6) is -0.0131. The summed E-state index contributed by atoms with van der Waals surface area (Å²) in [5, 5.41) is 19.3. The van der Waals surface area contributed by atoms with E-state index in [9.17, 15) is 9.90 Å². The molecule has 0 fully saturated rings. The standard InChI is InChI=1S/C17H22N4O2/c1-10-11-8-13-14(9-12(11)15(22)19-18-10)21(7-6-20(4)5)16(23)17(13,2)3/h8-9H,6-7H2,1-5H3,(H,19,22). The molecule has 6 nitrogen and oxygen atoms in total. The highest BCUT2D eigenvalue weighted by Gasteiger charge is 2.44. The molecule has 1 aliphatic heterocycles. The molecule has 23 heavy (non-hydrogen) atoms. The summed E-state index contributed by atoms with van der Waals surface area (Å²) < 4.78 is 0. The van der Waals surface area contributed by atoms with Gasteiger partial charge in [0.05, 0.1) is 11.1 Å². The van der Waals surface area contributed by atoms with Crippen molar-refractivity contribution in [2.75, 3.05) is 32.1 Å². The Kier molecular flexibility index (Phi) is 3.52. The van der Waals surface area contributed by atoms with Crippen LogP contribution >= 0.6 is 0 Å². The SMILES string of the molecule is Cc1nnc(O)c2cc3c(cc12)C(C)(C)C(=O)N3CCN(C)C. The zero-order valence-electron chi connectivity index (χ0n) is 14.2. The van der Waals surface area contributed by atoms with E-state index >= 15 is 0 Å². The van der Waals surface area contributed by atoms with E-state index in [0.717, 1.165) is 28.9 Å². The average Bonchev–Trinajstić information content (AvgIpc) is 2.67. The number of benzene rings is 1. The predicted molar refractivity (Wildman–Crippen MR) is 89.9 cm³/mol. The van der Waals surface area contributed by atoms with Gasteiger partial charge >= 0.3 is 0 Å². The van der Waals surface area contributed by atoms with Gasteiger partial charge in [0.1, 0.15) is 0 Å². The van der Waals surface area contributed by atoms with Gasteiger partial charge < -0.3 is 14.9 Å². The molecule has 0 radical (unpaired) electrons. The summed E-state index contributed by atoms with van der Waals surface area (Å²) in [5.41, 5.74) is 2.00. The fourth-order valence-corrected chi connectivity index (χ4v) is 3.11. The van der Waals surface area contributed by atoms with Gasteiger partial charge in [-0.05, 0) is 52.6 Å². The molecule has 0 atom stereocenters. The first-order valence-electron chi connectivity index (χ1n) is 7.70. The van der Waals surface area contributed by atoms with Crippen molar-refractivity contribution in [3.05, 3.63) is 23.4 Å². The predicted octanol–water partition coefficient (Wildman–Crippen LogP) is 1.83. The molecule has 1 N–H and O–H groups in total. The van der Waals surface area contributed by atoms with Crippen molar-refractivity contribution < 1.29 is 9.90 Å². The summed E-state index contributed by atoms with van der Waals surface area (Å²) in [4.78, 5) is 16.7. The lowest BCUT2D eigenvalue weighted by molar-refractivity contribution is -0.122. The average molecular weight is 314 g/mol. The van der Waals surface area contributed by atoms with Crippen LogP contribution in [0.3, 0.4) is 0 Å². The van der Waals surface area contributed by atoms with Gasteiger partial charge in [0.2, 0.25) is 11.8 Å². The number of aromatic nitrogens is 2. The second-order valence-electron chi connectivity index (χ2n) is 6.91. The lowest BCUT2D eigenvalue weighted by Gasteiger charge is -2.22. The van der Waals surface area contributed by atoms with Crippen LogP contribution in [0.5, 0.6) is 5.88 Å². The third kappa shape index (κ3) is 2.34. The van der Waals surface area contributed by atoms with Crippen LogP contribution in [0.1, 0.15) is 25.1 Å². The monoisotopic (exact) mass is 314 g/mol. The van der Waals surface area contributed by atoms with Gasteiger partial charge in [0, 0.05) is 29.5 Å². The summed E-state index contributed by atoms with van der Waals surface area (Å²) in [7, 11) is 3.97. The Morgan fingerprint density at radius 2 is 1.91 bits per heavy atom. The van der Waals surface area contributed by atoms with E-state index in [1.807, 2.05) is 56.8 Å². The molecule has 0 saturated heterocycles. The third-order valence-corrected chi connectivity index (χ3v) is 4.58. The van der Waals surface area contributed by atoms with Crippen molar-refractivity contribution in [1.82, 2.24) is 15.1 Å². The van der Waals surface area contributed by atoms with Crippen LogP contribution in [0.25, 0.3) is 10.8 Å². The van der Waals surface area contributed by atoms with Crippen LogP contribution < -0.4 is 4.90 Å². The molecular weight excluding hydrogens is 292 g/mol.